The highest BCUT2D eigenvalue weighted by molar-refractivity contribution is 5.90. The van der Waals surface area contributed by atoms with Crippen LogP contribution in [0.25, 0.3) is 5.57 Å². The van der Waals surface area contributed by atoms with Crippen molar-refractivity contribution in [3.05, 3.63) is 77.9 Å². The lowest BCUT2D eigenvalue weighted by Crippen LogP contribution is -2.23. The summed E-state index contributed by atoms with van der Waals surface area (Å²) in [6.07, 6.45) is 0. The van der Waals surface area contributed by atoms with Gasteiger partial charge in [0.2, 0.25) is 0 Å². The SMILES string of the molecule is C=C(c1ccccc1)c1ccc(C(=O)OC(C)(C)C)cc1. The Balaban J connectivity index is 2.16. The molecule has 2 heteroatoms. The highest BCUT2D eigenvalue weighted by Crippen LogP contribution is 2.22. The Labute approximate surface area is 126 Å². The molecule has 0 atom stereocenters. The third kappa shape index (κ3) is 4.06. The molecule has 2 nitrogen and oxygen atoms in total. The van der Waals surface area contributed by atoms with Crippen LogP contribution in [0, 0.1) is 0 Å². The summed E-state index contributed by atoms with van der Waals surface area (Å²) in [7, 11) is 0. The number of hydrogen-bond donors (Lipinski definition) is 0. The minimum Gasteiger partial charge on any atom is -0.456 e. The highest BCUT2D eigenvalue weighted by Gasteiger charge is 2.17. The van der Waals surface area contributed by atoms with E-state index in [1.807, 2.05) is 63.2 Å². The van der Waals surface area contributed by atoms with Gasteiger partial charge in [0.25, 0.3) is 0 Å². The van der Waals surface area contributed by atoms with Gasteiger partial charge in [-0.3, -0.25) is 0 Å². The minimum atomic E-state index is -0.483. The van der Waals surface area contributed by atoms with Crippen molar-refractivity contribution in [2.45, 2.75) is 26.4 Å². The largest absolute Gasteiger partial charge is 0.456 e. The van der Waals surface area contributed by atoms with Gasteiger partial charge in [-0.05, 0) is 49.6 Å². The smallest absolute Gasteiger partial charge is 0.338 e. The van der Waals surface area contributed by atoms with E-state index in [1.54, 1.807) is 12.1 Å². The number of rotatable bonds is 3. The molecule has 0 spiro atoms. The Hall–Kier alpha value is -2.35. The van der Waals surface area contributed by atoms with Crippen LogP contribution in [0.15, 0.2) is 61.2 Å². The fourth-order valence-electron chi connectivity index (χ4n) is 1.95. The van der Waals surface area contributed by atoms with Gasteiger partial charge in [0, 0.05) is 0 Å². The summed E-state index contributed by atoms with van der Waals surface area (Å²) in [5.74, 6) is -0.306. The van der Waals surface area contributed by atoms with E-state index in [-0.39, 0.29) is 5.97 Å². The van der Waals surface area contributed by atoms with Gasteiger partial charge in [0.15, 0.2) is 0 Å². The zero-order valence-electron chi connectivity index (χ0n) is 12.7. The summed E-state index contributed by atoms with van der Waals surface area (Å²) in [6.45, 7) is 9.69. The molecule has 0 saturated carbocycles. The molecule has 21 heavy (non-hydrogen) atoms. The van der Waals surface area contributed by atoms with E-state index in [1.165, 1.54) is 0 Å². The monoisotopic (exact) mass is 280 g/mol. The molecule has 0 aliphatic heterocycles. The third-order valence-electron chi connectivity index (χ3n) is 2.99. The summed E-state index contributed by atoms with van der Waals surface area (Å²) in [4.78, 5) is 12.0. The van der Waals surface area contributed by atoms with Gasteiger partial charge in [0.05, 0.1) is 5.56 Å². The maximum atomic E-state index is 12.0. The molecule has 0 fully saturated rings. The predicted octanol–water partition coefficient (Wildman–Crippen LogP) is 4.70. The van der Waals surface area contributed by atoms with E-state index >= 15 is 0 Å². The molecule has 2 aromatic rings. The van der Waals surface area contributed by atoms with E-state index in [0.29, 0.717) is 5.56 Å². The first-order valence-corrected chi connectivity index (χ1v) is 6.95. The van der Waals surface area contributed by atoms with Gasteiger partial charge in [0.1, 0.15) is 5.60 Å². The van der Waals surface area contributed by atoms with Crippen LogP contribution in [0.1, 0.15) is 42.3 Å². The summed E-state index contributed by atoms with van der Waals surface area (Å²) < 4.78 is 5.35. The van der Waals surface area contributed by atoms with Gasteiger partial charge < -0.3 is 4.74 Å². The van der Waals surface area contributed by atoms with E-state index in [9.17, 15) is 4.79 Å². The summed E-state index contributed by atoms with van der Waals surface area (Å²) in [5, 5.41) is 0. The third-order valence-corrected chi connectivity index (χ3v) is 2.99. The molecule has 0 unspecified atom stereocenters. The predicted molar refractivity (Wildman–Crippen MR) is 86.2 cm³/mol. The Morgan fingerprint density at radius 1 is 0.857 bits per heavy atom. The molecule has 108 valence electrons. The van der Waals surface area contributed by atoms with Crippen molar-refractivity contribution < 1.29 is 9.53 Å². The van der Waals surface area contributed by atoms with Gasteiger partial charge in [-0.2, -0.15) is 0 Å². The average Bonchev–Trinajstić information content (AvgIpc) is 2.46. The average molecular weight is 280 g/mol. The number of esters is 1. The lowest BCUT2D eigenvalue weighted by Gasteiger charge is -2.19. The van der Waals surface area contributed by atoms with Gasteiger partial charge >= 0.3 is 5.97 Å². The van der Waals surface area contributed by atoms with Crippen molar-refractivity contribution in [1.29, 1.82) is 0 Å². The van der Waals surface area contributed by atoms with Crippen LogP contribution in [0.5, 0.6) is 0 Å². The zero-order chi connectivity index (χ0) is 15.5. The quantitative estimate of drug-likeness (QED) is 0.761. The molecular formula is C19H20O2. The Kier molecular flexibility index (Phi) is 4.27. The summed E-state index contributed by atoms with van der Waals surface area (Å²) in [6, 6.07) is 17.3. The van der Waals surface area contributed by atoms with Gasteiger partial charge in [-0.25, -0.2) is 4.79 Å². The highest BCUT2D eigenvalue weighted by atomic mass is 16.6. The molecule has 0 amide bonds. The molecule has 0 saturated heterocycles. The molecule has 0 radical (unpaired) electrons. The Bertz CT molecular complexity index is 632. The topological polar surface area (TPSA) is 26.3 Å². The molecule has 0 aliphatic rings. The van der Waals surface area contributed by atoms with Crippen LogP contribution in [0.3, 0.4) is 0 Å². The fraction of sp³-hybridized carbons (Fsp3) is 0.211. The molecule has 0 aliphatic carbocycles. The number of carbonyl (C=O) groups is 1. The number of ether oxygens (including phenoxy) is 1. The molecular weight excluding hydrogens is 260 g/mol. The Morgan fingerprint density at radius 2 is 1.33 bits per heavy atom. The van der Waals surface area contributed by atoms with Crippen LogP contribution in [0.4, 0.5) is 0 Å². The van der Waals surface area contributed by atoms with Gasteiger partial charge in [-0.15, -0.1) is 0 Å². The van der Waals surface area contributed by atoms with Crippen molar-refractivity contribution in [3.8, 4) is 0 Å². The van der Waals surface area contributed by atoms with E-state index < -0.39 is 5.60 Å². The molecule has 0 bridgehead atoms. The summed E-state index contributed by atoms with van der Waals surface area (Å²) in [5.41, 5.74) is 3.07. The molecule has 0 aromatic heterocycles. The normalized spacial score (nSPS) is 11.0. The van der Waals surface area contributed by atoms with Crippen LogP contribution in [-0.2, 0) is 4.74 Å². The van der Waals surface area contributed by atoms with Crippen molar-refractivity contribution in [2.75, 3.05) is 0 Å². The first-order valence-electron chi connectivity index (χ1n) is 6.95. The van der Waals surface area contributed by atoms with Crippen LogP contribution < -0.4 is 0 Å². The fourth-order valence-corrected chi connectivity index (χ4v) is 1.95. The number of hydrogen-bond acceptors (Lipinski definition) is 2. The minimum absolute atomic E-state index is 0.306. The first-order chi connectivity index (χ1) is 9.87. The second kappa shape index (κ2) is 5.96. The lowest BCUT2D eigenvalue weighted by molar-refractivity contribution is 0.00695. The molecule has 0 N–H and O–H groups in total. The lowest BCUT2D eigenvalue weighted by atomic mass is 9.99. The molecule has 0 heterocycles. The maximum absolute atomic E-state index is 12.0. The second-order valence-electron chi connectivity index (χ2n) is 5.92. The van der Waals surface area contributed by atoms with Crippen molar-refractivity contribution in [2.24, 2.45) is 0 Å². The zero-order valence-corrected chi connectivity index (χ0v) is 12.7. The standard InChI is InChI=1S/C19H20O2/c1-14(15-8-6-5-7-9-15)16-10-12-17(13-11-16)18(20)21-19(2,3)4/h5-13H,1H2,2-4H3. The van der Waals surface area contributed by atoms with E-state index in [2.05, 4.69) is 6.58 Å². The van der Waals surface area contributed by atoms with Crippen LogP contribution in [-0.4, -0.2) is 11.6 Å². The van der Waals surface area contributed by atoms with Crippen LogP contribution in [0.2, 0.25) is 0 Å². The van der Waals surface area contributed by atoms with Gasteiger partial charge in [-0.1, -0.05) is 49.0 Å². The molecule has 2 rings (SSSR count). The number of carbonyl (C=O) groups excluding carboxylic acids is 1. The van der Waals surface area contributed by atoms with Crippen molar-refractivity contribution in [1.82, 2.24) is 0 Å². The van der Waals surface area contributed by atoms with Crippen molar-refractivity contribution in [3.63, 3.8) is 0 Å². The first kappa shape index (κ1) is 15.0. The van der Waals surface area contributed by atoms with E-state index in [4.69, 9.17) is 4.74 Å². The Morgan fingerprint density at radius 3 is 1.86 bits per heavy atom. The van der Waals surface area contributed by atoms with Crippen molar-refractivity contribution >= 4 is 11.5 Å². The second-order valence-corrected chi connectivity index (χ2v) is 5.92. The number of benzene rings is 2. The summed E-state index contributed by atoms with van der Waals surface area (Å²) >= 11 is 0. The maximum Gasteiger partial charge on any atom is 0.338 e. The van der Waals surface area contributed by atoms with E-state index in [0.717, 1.165) is 16.7 Å². The van der Waals surface area contributed by atoms with Crippen LogP contribution >= 0.6 is 0 Å². The molecule has 2 aromatic carbocycles.